The highest BCUT2D eigenvalue weighted by Crippen LogP contribution is 2.23. The van der Waals surface area contributed by atoms with Crippen LogP contribution in [0.1, 0.15) is 55.5 Å². The van der Waals surface area contributed by atoms with Gasteiger partial charge in [0.1, 0.15) is 6.04 Å². The third-order valence-electron chi connectivity index (χ3n) is 4.66. The molecule has 0 aliphatic heterocycles. The Hall–Kier alpha value is -2.40. The normalized spacial score (nSPS) is 20.8. The molecule has 27 heavy (non-hydrogen) atoms. The fraction of sp³-hybridized carbons (Fsp3) is 0.500. The molecule has 2 rings (SSSR count). The first kappa shape index (κ1) is 20.9. The van der Waals surface area contributed by atoms with Crippen LogP contribution in [0.4, 0.5) is 0 Å². The standard InChI is InChI=1S/C20H27N3O4/c1-20(2,21)17(19(26)23-27)22-18(25)15-9-5-13(6-10-15)3-4-14-7-11-16(24)12-8-14/h5-6,9-10,14,16-17,24,27H,7-8,11-12,21H2,1-2H3,(H,22,25)(H,23,26)/t14?,16?,17-/m1/s1. The van der Waals surface area contributed by atoms with E-state index in [1.165, 1.54) is 5.48 Å². The Balaban J connectivity index is 2.02. The first-order chi connectivity index (χ1) is 12.7. The van der Waals surface area contributed by atoms with E-state index in [1.54, 1.807) is 38.1 Å². The molecule has 7 heteroatoms. The first-order valence-electron chi connectivity index (χ1n) is 9.04. The Kier molecular flexibility index (Phi) is 6.97. The molecule has 0 heterocycles. The molecule has 0 spiro atoms. The van der Waals surface area contributed by atoms with E-state index in [1.807, 2.05) is 0 Å². The molecule has 146 valence electrons. The number of nitrogens with two attached hydrogens (primary N) is 1. The van der Waals surface area contributed by atoms with Gasteiger partial charge in [-0.3, -0.25) is 14.8 Å². The fourth-order valence-electron chi connectivity index (χ4n) is 2.98. The smallest absolute Gasteiger partial charge is 0.267 e. The van der Waals surface area contributed by atoms with Crippen LogP contribution in [-0.2, 0) is 4.79 Å². The average molecular weight is 373 g/mol. The van der Waals surface area contributed by atoms with Gasteiger partial charge >= 0.3 is 0 Å². The second-order valence-electron chi connectivity index (χ2n) is 7.56. The Morgan fingerprint density at radius 1 is 1.19 bits per heavy atom. The van der Waals surface area contributed by atoms with Crippen molar-refractivity contribution < 1.29 is 19.9 Å². The van der Waals surface area contributed by atoms with Crippen LogP contribution in [0, 0.1) is 17.8 Å². The van der Waals surface area contributed by atoms with Crippen molar-refractivity contribution in [2.75, 3.05) is 0 Å². The summed E-state index contributed by atoms with van der Waals surface area (Å²) in [6, 6.07) is 5.65. The Labute approximate surface area is 159 Å². The van der Waals surface area contributed by atoms with Gasteiger partial charge in [-0.25, -0.2) is 5.48 Å². The third kappa shape index (κ3) is 6.07. The number of carbonyl (C=O) groups excluding carboxylic acids is 2. The van der Waals surface area contributed by atoms with Crippen LogP contribution < -0.4 is 16.5 Å². The zero-order chi connectivity index (χ0) is 20.0. The highest BCUT2D eigenvalue weighted by molar-refractivity contribution is 5.97. The molecule has 0 aromatic heterocycles. The first-order valence-corrected chi connectivity index (χ1v) is 9.04. The molecule has 1 atom stereocenters. The summed E-state index contributed by atoms with van der Waals surface area (Å²) in [6.45, 7) is 3.16. The number of amides is 2. The summed E-state index contributed by atoms with van der Waals surface area (Å²) in [5.74, 6) is 5.37. The fourth-order valence-corrected chi connectivity index (χ4v) is 2.98. The van der Waals surface area contributed by atoms with E-state index in [4.69, 9.17) is 10.9 Å². The zero-order valence-corrected chi connectivity index (χ0v) is 15.7. The predicted octanol–water partition coefficient (Wildman–Crippen LogP) is 0.930. The van der Waals surface area contributed by atoms with Crippen molar-refractivity contribution >= 4 is 11.8 Å². The number of hydroxylamine groups is 1. The minimum atomic E-state index is -1.09. The highest BCUT2D eigenvalue weighted by atomic mass is 16.5. The molecule has 7 nitrogen and oxygen atoms in total. The van der Waals surface area contributed by atoms with Gasteiger partial charge in [-0.1, -0.05) is 11.8 Å². The molecule has 1 aromatic carbocycles. The van der Waals surface area contributed by atoms with Gasteiger partial charge < -0.3 is 16.2 Å². The number of rotatable bonds is 4. The van der Waals surface area contributed by atoms with E-state index in [9.17, 15) is 14.7 Å². The minimum absolute atomic E-state index is 0.198. The molecule has 0 saturated heterocycles. The summed E-state index contributed by atoms with van der Waals surface area (Å²) in [5.41, 5.74) is 7.53. The number of hydrogen-bond acceptors (Lipinski definition) is 5. The van der Waals surface area contributed by atoms with Crippen LogP contribution in [0.25, 0.3) is 0 Å². The van der Waals surface area contributed by atoms with Gasteiger partial charge in [0.05, 0.1) is 6.10 Å². The van der Waals surface area contributed by atoms with Crippen LogP contribution in [0.3, 0.4) is 0 Å². The number of hydrogen-bond donors (Lipinski definition) is 5. The summed E-state index contributed by atoms with van der Waals surface area (Å²) in [4.78, 5) is 24.1. The van der Waals surface area contributed by atoms with Gasteiger partial charge in [0.25, 0.3) is 11.8 Å². The highest BCUT2D eigenvalue weighted by Gasteiger charge is 2.33. The predicted molar refractivity (Wildman–Crippen MR) is 101 cm³/mol. The summed E-state index contributed by atoms with van der Waals surface area (Å²) in [7, 11) is 0. The molecular formula is C20H27N3O4. The van der Waals surface area contributed by atoms with Crippen molar-refractivity contribution in [3.63, 3.8) is 0 Å². The van der Waals surface area contributed by atoms with Crippen LogP contribution in [0.2, 0.25) is 0 Å². The van der Waals surface area contributed by atoms with E-state index >= 15 is 0 Å². The topological polar surface area (TPSA) is 125 Å². The van der Waals surface area contributed by atoms with E-state index < -0.39 is 23.4 Å². The lowest BCUT2D eigenvalue weighted by atomic mass is 9.88. The molecule has 2 amide bonds. The van der Waals surface area contributed by atoms with Crippen LogP contribution >= 0.6 is 0 Å². The summed E-state index contributed by atoms with van der Waals surface area (Å²) in [5, 5.41) is 20.9. The van der Waals surface area contributed by atoms with E-state index in [0.717, 1.165) is 31.2 Å². The van der Waals surface area contributed by atoms with Crippen molar-refractivity contribution in [2.24, 2.45) is 11.7 Å². The average Bonchev–Trinajstić information content (AvgIpc) is 2.64. The Morgan fingerprint density at radius 3 is 2.30 bits per heavy atom. The third-order valence-corrected chi connectivity index (χ3v) is 4.66. The number of benzene rings is 1. The lowest BCUT2D eigenvalue weighted by molar-refractivity contribution is -0.132. The maximum Gasteiger partial charge on any atom is 0.267 e. The van der Waals surface area contributed by atoms with Crippen molar-refractivity contribution in [1.29, 1.82) is 0 Å². The molecule has 1 aliphatic rings. The summed E-state index contributed by atoms with van der Waals surface area (Å²) < 4.78 is 0. The Bertz CT molecular complexity index is 720. The number of nitrogens with one attached hydrogen (secondary N) is 2. The summed E-state index contributed by atoms with van der Waals surface area (Å²) >= 11 is 0. The molecule has 1 aliphatic carbocycles. The van der Waals surface area contributed by atoms with Gasteiger partial charge in [0.15, 0.2) is 0 Å². The van der Waals surface area contributed by atoms with Crippen molar-refractivity contribution in [3.8, 4) is 11.8 Å². The molecule has 0 radical (unpaired) electrons. The molecule has 0 bridgehead atoms. The van der Waals surface area contributed by atoms with Gasteiger partial charge in [-0.05, 0) is 63.8 Å². The minimum Gasteiger partial charge on any atom is -0.393 e. The van der Waals surface area contributed by atoms with E-state index in [2.05, 4.69) is 17.2 Å². The lowest BCUT2D eigenvalue weighted by Gasteiger charge is -2.29. The van der Waals surface area contributed by atoms with Gasteiger partial charge in [0.2, 0.25) is 0 Å². The quantitative estimate of drug-likeness (QED) is 0.305. The molecular weight excluding hydrogens is 346 g/mol. The van der Waals surface area contributed by atoms with E-state index in [0.29, 0.717) is 11.5 Å². The lowest BCUT2D eigenvalue weighted by Crippen LogP contribution is -2.61. The van der Waals surface area contributed by atoms with Gasteiger partial charge in [-0.2, -0.15) is 0 Å². The monoisotopic (exact) mass is 373 g/mol. The molecule has 1 aromatic rings. The largest absolute Gasteiger partial charge is 0.393 e. The SMILES string of the molecule is CC(C)(N)[C@H](NC(=O)c1ccc(C#CC2CCC(O)CC2)cc1)C(=O)NO. The number of aliphatic hydroxyl groups is 1. The van der Waals surface area contributed by atoms with Gasteiger partial charge in [-0.15, -0.1) is 0 Å². The number of carbonyl (C=O) groups is 2. The van der Waals surface area contributed by atoms with Crippen LogP contribution in [0.15, 0.2) is 24.3 Å². The van der Waals surface area contributed by atoms with Crippen molar-refractivity contribution in [3.05, 3.63) is 35.4 Å². The second kappa shape index (κ2) is 9.00. The van der Waals surface area contributed by atoms with Crippen molar-refractivity contribution in [2.45, 2.75) is 57.2 Å². The van der Waals surface area contributed by atoms with Crippen molar-refractivity contribution in [1.82, 2.24) is 10.8 Å². The number of aliphatic hydroxyl groups excluding tert-OH is 1. The Morgan fingerprint density at radius 2 is 1.78 bits per heavy atom. The molecule has 6 N–H and O–H groups in total. The second-order valence-corrected chi connectivity index (χ2v) is 7.56. The van der Waals surface area contributed by atoms with Crippen LogP contribution in [0.5, 0.6) is 0 Å². The van der Waals surface area contributed by atoms with Gasteiger partial charge in [0, 0.05) is 22.6 Å². The zero-order valence-electron chi connectivity index (χ0n) is 15.7. The maximum atomic E-state index is 12.4. The maximum absolute atomic E-state index is 12.4. The molecule has 0 unspecified atom stereocenters. The summed E-state index contributed by atoms with van der Waals surface area (Å²) in [6.07, 6.45) is 3.18. The van der Waals surface area contributed by atoms with E-state index in [-0.39, 0.29) is 6.10 Å². The molecule has 1 saturated carbocycles. The molecule has 1 fully saturated rings. The van der Waals surface area contributed by atoms with Crippen LogP contribution in [-0.4, -0.2) is 39.8 Å².